The highest BCUT2D eigenvalue weighted by atomic mass is 16.5. The van der Waals surface area contributed by atoms with Gasteiger partial charge in [-0.15, -0.1) is 0 Å². The normalized spacial score (nSPS) is 18.5. The van der Waals surface area contributed by atoms with Crippen LogP contribution in [0.3, 0.4) is 0 Å². The number of carbonyl (C=O) groups excluding carboxylic acids is 2. The van der Waals surface area contributed by atoms with E-state index in [1.165, 1.54) is 0 Å². The lowest BCUT2D eigenvalue weighted by molar-refractivity contribution is -0.143. The van der Waals surface area contributed by atoms with Crippen LogP contribution in [0, 0.1) is 5.92 Å². The van der Waals surface area contributed by atoms with Crippen LogP contribution in [0.2, 0.25) is 0 Å². The Balaban J connectivity index is 1.83. The predicted octanol–water partition coefficient (Wildman–Crippen LogP) is 4.10. The van der Waals surface area contributed by atoms with Crippen LogP contribution >= 0.6 is 0 Å². The average molecular weight is 425 g/mol. The van der Waals surface area contributed by atoms with Crippen molar-refractivity contribution in [3.63, 3.8) is 0 Å². The van der Waals surface area contributed by atoms with Crippen molar-refractivity contribution >= 4 is 11.8 Å². The molecule has 6 nitrogen and oxygen atoms in total. The van der Waals surface area contributed by atoms with E-state index < -0.39 is 0 Å². The number of hydrogen-bond acceptors (Lipinski definition) is 4. The summed E-state index contributed by atoms with van der Waals surface area (Å²) in [6.45, 7) is 3.15. The summed E-state index contributed by atoms with van der Waals surface area (Å²) in [4.78, 5) is 28.0. The van der Waals surface area contributed by atoms with E-state index in [2.05, 4.69) is 12.2 Å². The number of para-hydroxylation sites is 1. The number of benzene rings is 2. The highest BCUT2D eigenvalue weighted by Crippen LogP contribution is 2.38. The Morgan fingerprint density at radius 1 is 1.10 bits per heavy atom. The average Bonchev–Trinajstić information content (AvgIpc) is 2.81. The third-order valence-electron chi connectivity index (χ3n) is 5.90. The van der Waals surface area contributed by atoms with Crippen molar-refractivity contribution in [2.75, 3.05) is 20.8 Å². The second kappa shape index (κ2) is 10.8. The smallest absolute Gasteiger partial charge is 0.225 e. The third-order valence-corrected chi connectivity index (χ3v) is 5.90. The lowest BCUT2D eigenvalue weighted by atomic mass is 9.83. The maximum Gasteiger partial charge on any atom is 0.225 e. The van der Waals surface area contributed by atoms with Crippen molar-refractivity contribution in [3.8, 4) is 11.5 Å². The lowest BCUT2D eigenvalue weighted by Crippen LogP contribution is -2.48. The SMILES string of the molecule is CCCCN1C(=O)CC[C@@H](C(=O)NCc2ccccc2OC)[C@@H]1c1ccc(OC)cc1. The fraction of sp³-hybridized carbons (Fsp3) is 0.440. The minimum absolute atomic E-state index is 0.0410. The molecule has 2 amide bonds. The van der Waals surface area contributed by atoms with Crippen molar-refractivity contribution in [2.24, 2.45) is 5.92 Å². The van der Waals surface area contributed by atoms with Gasteiger partial charge in [-0.25, -0.2) is 0 Å². The van der Waals surface area contributed by atoms with Gasteiger partial charge >= 0.3 is 0 Å². The molecule has 1 N–H and O–H groups in total. The highest BCUT2D eigenvalue weighted by molar-refractivity contribution is 5.85. The summed E-state index contributed by atoms with van der Waals surface area (Å²) < 4.78 is 10.7. The number of ether oxygens (including phenoxy) is 2. The monoisotopic (exact) mass is 424 g/mol. The van der Waals surface area contributed by atoms with Gasteiger partial charge in [-0.1, -0.05) is 43.7 Å². The molecule has 0 spiro atoms. The van der Waals surface area contributed by atoms with Crippen molar-refractivity contribution in [3.05, 3.63) is 59.7 Å². The number of unbranched alkanes of at least 4 members (excludes halogenated alkanes) is 1. The molecule has 1 fully saturated rings. The number of likely N-dealkylation sites (tertiary alicyclic amines) is 1. The fourth-order valence-corrected chi connectivity index (χ4v) is 4.20. The number of nitrogens with one attached hydrogen (secondary N) is 1. The van der Waals surface area contributed by atoms with Gasteiger partial charge in [0.2, 0.25) is 11.8 Å². The first-order valence-electron chi connectivity index (χ1n) is 10.9. The molecule has 3 rings (SSSR count). The zero-order valence-corrected chi connectivity index (χ0v) is 18.6. The van der Waals surface area contributed by atoms with Crippen molar-refractivity contribution < 1.29 is 19.1 Å². The minimum atomic E-state index is -0.308. The first-order chi connectivity index (χ1) is 15.1. The van der Waals surface area contributed by atoms with E-state index in [4.69, 9.17) is 9.47 Å². The highest BCUT2D eigenvalue weighted by Gasteiger charge is 2.40. The Hall–Kier alpha value is -3.02. The predicted molar refractivity (Wildman–Crippen MR) is 120 cm³/mol. The molecule has 1 aliphatic heterocycles. The molecule has 0 bridgehead atoms. The number of carbonyl (C=O) groups is 2. The minimum Gasteiger partial charge on any atom is -0.497 e. The summed E-state index contributed by atoms with van der Waals surface area (Å²) in [5.74, 6) is 1.27. The van der Waals surface area contributed by atoms with Crippen LogP contribution in [0.25, 0.3) is 0 Å². The van der Waals surface area contributed by atoms with Gasteiger partial charge in [-0.2, -0.15) is 0 Å². The third kappa shape index (κ3) is 5.37. The molecule has 166 valence electrons. The standard InChI is InChI=1S/C25H32N2O4/c1-4-5-16-27-23(28)15-14-21(24(27)18-10-12-20(30-2)13-11-18)25(29)26-17-19-8-6-7-9-22(19)31-3/h6-13,21,24H,4-5,14-17H2,1-3H3,(H,26,29)/t21-,24+/m1/s1. The van der Waals surface area contributed by atoms with Gasteiger partial charge in [0.05, 0.1) is 26.2 Å². The molecular formula is C25H32N2O4. The van der Waals surface area contributed by atoms with E-state index in [9.17, 15) is 9.59 Å². The number of nitrogens with zero attached hydrogens (tertiary/aromatic N) is 1. The number of hydrogen-bond donors (Lipinski definition) is 1. The Kier molecular flexibility index (Phi) is 7.93. The van der Waals surface area contributed by atoms with Crippen LogP contribution in [0.5, 0.6) is 11.5 Å². The van der Waals surface area contributed by atoms with Crippen LogP contribution in [-0.4, -0.2) is 37.5 Å². The molecule has 0 saturated carbocycles. The quantitative estimate of drug-likeness (QED) is 0.658. The Labute approximate surface area is 184 Å². The van der Waals surface area contributed by atoms with Gasteiger partial charge in [-0.05, 0) is 36.6 Å². The van der Waals surface area contributed by atoms with Gasteiger partial charge in [-0.3, -0.25) is 9.59 Å². The van der Waals surface area contributed by atoms with Crippen molar-refractivity contribution in [2.45, 2.75) is 45.2 Å². The lowest BCUT2D eigenvalue weighted by Gasteiger charge is -2.41. The maximum absolute atomic E-state index is 13.3. The zero-order chi connectivity index (χ0) is 22.2. The van der Waals surface area contributed by atoms with E-state index in [1.807, 2.05) is 53.4 Å². The zero-order valence-electron chi connectivity index (χ0n) is 18.6. The molecule has 2 atom stereocenters. The summed E-state index contributed by atoms with van der Waals surface area (Å²) in [5.41, 5.74) is 1.89. The Bertz CT molecular complexity index is 881. The molecule has 31 heavy (non-hydrogen) atoms. The molecule has 2 aromatic rings. The molecule has 2 aromatic carbocycles. The van der Waals surface area contributed by atoms with E-state index in [0.717, 1.165) is 35.5 Å². The summed E-state index contributed by atoms with van der Waals surface area (Å²) >= 11 is 0. The second-order valence-electron chi connectivity index (χ2n) is 7.83. The summed E-state index contributed by atoms with van der Waals surface area (Å²) in [6.07, 6.45) is 2.83. The van der Waals surface area contributed by atoms with Crippen LogP contribution in [0.4, 0.5) is 0 Å². The first-order valence-corrected chi connectivity index (χ1v) is 10.9. The van der Waals surface area contributed by atoms with E-state index in [1.54, 1.807) is 14.2 Å². The number of methoxy groups -OCH3 is 2. The summed E-state index contributed by atoms with van der Waals surface area (Å²) in [7, 11) is 3.25. The summed E-state index contributed by atoms with van der Waals surface area (Å²) in [5, 5.41) is 3.08. The van der Waals surface area contributed by atoms with Crippen LogP contribution < -0.4 is 14.8 Å². The van der Waals surface area contributed by atoms with E-state index >= 15 is 0 Å². The Morgan fingerprint density at radius 2 is 1.84 bits per heavy atom. The Morgan fingerprint density at radius 3 is 2.52 bits per heavy atom. The van der Waals surface area contributed by atoms with Crippen LogP contribution in [-0.2, 0) is 16.1 Å². The number of piperidine rings is 1. The number of rotatable bonds is 9. The van der Waals surface area contributed by atoms with Gasteiger partial charge in [0.15, 0.2) is 0 Å². The molecule has 1 saturated heterocycles. The van der Waals surface area contributed by atoms with Crippen LogP contribution in [0.15, 0.2) is 48.5 Å². The molecule has 0 radical (unpaired) electrons. The molecule has 1 heterocycles. The molecule has 0 unspecified atom stereocenters. The topological polar surface area (TPSA) is 67.9 Å². The largest absolute Gasteiger partial charge is 0.497 e. The van der Waals surface area contributed by atoms with Gasteiger partial charge in [0, 0.05) is 25.1 Å². The fourth-order valence-electron chi connectivity index (χ4n) is 4.20. The molecule has 0 aliphatic carbocycles. The molecule has 1 aliphatic rings. The second-order valence-corrected chi connectivity index (χ2v) is 7.83. The number of amides is 2. The van der Waals surface area contributed by atoms with Crippen molar-refractivity contribution in [1.82, 2.24) is 10.2 Å². The van der Waals surface area contributed by atoms with Gasteiger partial charge < -0.3 is 19.7 Å². The van der Waals surface area contributed by atoms with Gasteiger partial charge in [0.25, 0.3) is 0 Å². The van der Waals surface area contributed by atoms with Crippen molar-refractivity contribution in [1.29, 1.82) is 0 Å². The summed E-state index contributed by atoms with van der Waals surface area (Å²) in [6, 6.07) is 15.1. The molecular weight excluding hydrogens is 392 g/mol. The maximum atomic E-state index is 13.3. The first kappa shape index (κ1) is 22.7. The molecule has 0 aromatic heterocycles. The van der Waals surface area contributed by atoms with Gasteiger partial charge in [0.1, 0.15) is 11.5 Å². The van der Waals surface area contributed by atoms with Crippen LogP contribution in [0.1, 0.15) is 49.8 Å². The molecule has 6 heteroatoms. The van der Waals surface area contributed by atoms with E-state index in [0.29, 0.717) is 25.9 Å². The van der Waals surface area contributed by atoms with E-state index in [-0.39, 0.29) is 23.8 Å².